The molecule has 0 unspecified atom stereocenters. The lowest BCUT2D eigenvalue weighted by molar-refractivity contribution is -0.125. The van der Waals surface area contributed by atoms with Crippen molar-refractivity contribution in [2.24, 2.45) is 11.8 Å². The first-order valence-corrected chi connectivity index (χ1v) is 9.24. The third kappa shape index (κ3) is 4.73. The summed E-state index contributed by atoms with van der Waals surface area (Å²) in [6.45, 7) is 1.99. The number of nitrogens with one attached hydrogen (secondary N) is 2. The quantitative estimate of drug-likeness (QED) is 0.854. The van der Waals surface area contributed by atoms with Gasteiger partial charge in [0.15, 0.2) is 0 Å². The van der Waals surface area contributed by atoms with Crippen molar-refractivity contribution < 1.29 is 9.59 Å². The Morgan fingerprint density at radius 3 is 2.19 bits per heavy atom. The van der Waals surface area contributed by atoms with E-state index in [1.54, 1.807) is 24.3 Å². The smallest absolute Gasteiger partial charge is 0.227 e. The maximum atomic E-state index is 12.5. The summed E-state index contributed by atoms with van der Waals surface area (Å²) in [4.78, 5) is 25.0. The SMILES string of the molecule is Cc1cccc(NC(=O)C2CCC(C(=O)Nc3ccccc3C#N)CC2)c1. The van der Waals surface area contributed by atoms with Gasteiger partial charge in [-0.2, -0.15) is 5.26 Å². The van der Waals surface area contributed by atoms with Crippen LogP contribution in [0.15, 0.2) is 48.5 Å². The number of hydrogen-bond donors (Lipinski definition) is 2. The molecule has 0 spiro atoms. The van der Waals surface area contributed by atoms with Crippen LogP contribution in [0.4, 0.5) is 11.4 Å². The summed E-state index contributed by atoms with van der Waals surface area (Å²) in [6, 6.07) is 16.8. The molecule has 0 aliphatic heterocycles. The summed E-state index contributed by atoms with van der Waals surface area (Å²) < 4.78 is 0. The minimum Gasteiger partial charge on any atom is -0.326 e. The molecule has 1 fully saturated rings. The number of amides is 2. The Hall–Kier alpha value is -3.13. The van der Waals surface area contributed by atoms with Gasteiger partial charge < -0.3 is 10.6 Å². The highest BCUT2D eigenvalue weighted by Crippen LogP contribution is 2.31. The Bertz CT molecular complexity index is 877. The number of para-hydroxylation sites is 1. The minimum absolute atomic E-state index is 0.0225. The zero-order valence-electron chi connectivity index (χ0n) is 15.4. The summed E-state index contributed by atoms with van der Waals surface area (Å²) in [5.74, 6) is -0.245. The first-order chi connectivity index (χ1) is 13.1. The number of nitrogens with zero attached hydrogens (tertiary/aromatic N) is 1. The van der Waals surface area contributed by atoms with Crippen molar-refractivity contribution in [3.05, 3.63) is 59.7 Å². The average molecular weight is 361 g/mol. The van der Waals surface area contributed by atoms with E-state index in [0.717, 1.165) is 11.3 Å². The molecule has 138 valence electrons. The van der Waals surface area contributed by atoms with Crippen LogP contribution in [0.2, 0.25) is 0 Å². The molecular formula is C22H23N3O2. The topological polar surface area (TPSA) is 82.0 Å². The molecule has 5 heteroatoms. The summed E-state index contributed by atoms with van der Waals surface area (Å²) in [7, 11) is 0. The van der Waals surface area contributed by atoms with Gasteiger partial charge in [0.05, 0.1) is 11.3 Å². The van der Waals surface area contributed by atoms with E-state index in [1.165, 1.54) is 0 Å². The van der Waals surface area contributed by atoms with Gasteiger partial charge in [-0.05, 0) is 62.4 Å². The predicted octanol–water partition coefficient (Wildman–Crippen LogP) is 4.25. The number of rotatable bonds is 4. The third-order valence-electron chi connectivity index (χ3n) is 5.06. The Morgan fingerprint density at radius 2 is 1.56 bits per heavy atom. The molecule has 0 saturated heterocycles. The molecule has 0 radical (unpaired) electrons. The van der Waals surface area contributed by atoms with Crippen molar-refractivity contribution in [3.8, 4) is 6.07 Å². The normalized spacial score (nSPS) is 19.0. The van der Waals surface area contributed by atoms with Crippen LogP contribution in [0, 0.1) is 30.1 Å². The van der Waals surface area contributed by atoms with Crippen LogP contribution in [0.1, 0.15) is 36.8 Å². The van der Waals surface area contributed by atoms with Crippen LogP contribution in [0.25, 0.3) is 0 Å². The molecule has 2 amide bonds. The molecule has 2 aromatic carbocycles. The molecule has 3 rings (SSSR count). The van der Waals surface area contributed by atoms with E-state index in [4.69, 9.17) is 5.26 Å². The van der Waals surface area contributed by atoms with Crippen molar-refractivity contribution >= 4 is 23.2 Å². The van der Waals surface area contributed by atoms with Crippen LogP contribution in [-0.4, -0.2) is 11.8 Å². The van der Waals surface area contributed by atoms with Gasteiger partial charge >= 0.3 is 0 Å². The number of benzene rings is 2. The second-order valence-corrected chi connectivity index (χ2v) is 7.05. The average Bonchev–Trinajstić information content (AvgIpc) is 2.68. The molecule has 1 saturated carbocycles. The van der Waals surface area contributed by atoms with Crippen molar-refractivity contribution in [1.29, 1.82) is 5.26 Å². The summed E-state index contributed by atoms with van der Waals surface area (Å²) >= 11 is 0. The summed E-state index contributed by atoms with van der Waals surface area (Å²) in [5, 5.41) is 15.0. The molecule has 1 aliphatic carbocycles. The first kappa shape index (κ1) is 18.7. The molecule has 0 heterocycles. The number of anilines is 2. The Kier molecular flexibility index (Phi) is 5.87. The third-order valence-corrected chi connectivity index (χ3v) is 5.06. The van der Waals surface area contributed by atoms with Crippen molar-refractivity contribution in [2.75, 3.05) is 10.6 Å². The number of hydrogen-bond acceptors (Lipinski definition) is 3. The van der Waals surface area contributed by atoms with Gasteiger partial charge in [-0.1, -0.05) is 24.3 Å². The maximum absolute atomic E-state index is 12.5. The molecule has 2 aromatic rings. The van der Waals surface area contributed by atoms with E-state index >= 15 is 0 Å². The molecule has 0 aromatic heterocycles. The minimum atomic E-state index is -0.125. The predicted molar refractivity (Wildman–Crippen MR) is 105 cm³/mol. The number of carbonyl (C=O) groups is 2. The number of carbonyl (C=O) groups excluding carboxylic acids is 2. The molecule has 0 atom stereocenters. The van der Waals surface area contributed by atoms with Crippen molar-refractivity contribution in [1.82, 2.24) is 0 Å². The zero-order chi connectivity index (χ0) is 19.2. The highest BCUT2D eigenvalue weighted by atomic mass is 16.2. The van der Waals surface area contributed by atoms with E-state index < -0.39 is 0 Å². The monoisotopic (exact) mass is 361 g/mol. The molecule has 5 nitrogen and oxygen atoms in total. The molecule has 1 aliphatic rings. The zero-order valence-corrected chi connectivity index (χ0v) is 15.4. The van der Waals surface area contributed by atoms with Crippen LogP contribution in [0.5, 0.6) is 0 Å². The number of aryl methyl sites for hydroxylation is 1. The van der Waals surface area contributed by atoms with Gasteiger partial charge in [0.1, 0.15) is 6.07 Å². The van der Waals surface area contributed by atoms with Crippen molar-refractivity contribution in [2.45, 2.75) is 32.6 Å². The fourth-order valence-electron chi connectivity index (χ4n) is 3.51. The van der Waals surface area contributed by atoms with E-state index in [1.807, 2.05) is 31.2 Å². The fourth-order valence-corrected chi connectivity index (χ4v) is 3.51. The second kappa shape index (κ2) is 8.50. The fraction of sp³-hybridized carbons (Fsp3) is 0.318. The lowest BCUT2D eigenvalue weighted by atomic mass is 9.81. The van der Waals surface area contributed by atoms with Crippen LogP contribution < -0.4 is 10.6 Å². The lowest BCUT2D eigenvalue weighted by Crippen LogP contribution is -2.32. The molecule has 27 heavy (non-hydrogen) atoms. The molecule has 2 N–H and O–H groups in total. The highest BCUT2D eigenvalue weighted by Gasteiger charge is 2.30. The van der Waals surface area contributed by atoms with Crippen molar-refractivity contribution in [3.63, 3.8) is 0 Å². The highest BCUT2D eigenvalue weighted by molar-refractivity contribution is 5.95. The van der Waals surface area contributed by atoms with Gasteiger partial charge in [-0.25, -0.2) is 0 Å². The summed E-state index contributed by atoms with van der Waals surface area (Å²) in [6.07, 6.45) is 2.73. The Balaban J connectivity index is 1.53. The van der Waals surface area contributed by atoms with E-state index in [0.29, 0.717) is 36.9 Å². The molecular weight excluding hydrogens is 338 g/mol. The van der Waals surface area contributed by atoms with Gasteiger partial charge in [-0.15, -0.1) is 0 Å². The van der Waals surface area contributed by atoms with Crippen LogP contribution in [-0.2, 0) is 9.59 Å². The van der Waals surface area contributed by atoms with Gasteiger partial charge in [-0.3, -0.25) is 9.59 Å². The first-order valence-electron chi connectivity index (χ1n) is 9.24. The van der Waals surface area contributed by atoms with E-state index in [-0.39, 0.29) is 23.7 Å². The number of nitriles is 1. The van der Waals surface area contributed by atoms with Gasteiger partial charge in [0.2, 0.25) is 11.8 Å². The summed E-state index contributed by atoms with van der Waals surface area (Å²) in [5.41, 5.74) is 2.92. The standard InChI is InChI=1S/C22H23N3O2/c1-15-5-4-7-19(13-15)24-21(26)16-9-11-17(12-10-16)22(27)25-20-8-3-2-6-18(20)14-23/h2-8,13,16-17H,9-12H2,1H3,(H,24,26)(H,25,27). The largest absolute Gasteiger partial charge is 0.326 e. The van der Waals surface area contributed by atoms with Crippen LogP contribution >= 0.6 is 0 Å². The maximum Gasteiger partial charge on any atom is 0.227 e. The second-order valence-electron chi connectivity index (χ2n) is 7.05. The van der Waals surface area contributed by atoms with Gasteiger partial charge in [0, 0.05) is 17.5 Å². The lowest BCUT2D eigenvalue weighted by Gasteiger charge is -2.27. The van der Waals surface area contributed by atoms with Crippen LogP contribution in [0.3, 0.4) is 0 Å². The Morgan fingerprint density at radius 1 is 0.926 bits per heavy atom. The molecule has 0 bridgehead atoms. The Labute approximate surface area is 159 Å². The van der Waals surface area contributed by atoms with E-state index in [9.17, 15) is 9.59 Å². The van der Waals surface area contributed by atoms with Gasteiger partial charge in [0.25, 0.3) is 0 Å². The van der Waals surface area contributed by atoms with E-state index in [2.05, 4.69) is 16.7 Å².